The molecule has 0 atom stereocenters. The first-order chi connectivity index (χ1) is 9.64. The van der Waals surface area contributed by atoms with Gasteiger partial charge in [-0.05, 0) is 27.7 Å². The fourth-order valence-electron chi connectivity index (χ4n) is 1.31. The van der Waals surface area contributed by atoms with E-state index in [2.05, 4.69) is 5.32 Å². The second kappa shape index (κ2) is 6.53. The number of ether oxygens (including phenoxy) is 2. The van der Waals surface area contributed by atoms with Gasteiger partial charge in [-0.3, -0.25) is 15.4 Å². The third kappa shape index (κ3) is 5.03. The zero-order valence-electron chi connectivity index (χ0n) is 12.1. The number of carbonyl (C=O) groups is 2. The van der Waals surface area contributed by atoms with Crippen LogP contribution >= 0.6 is 11.3 Å². The molecule has 116 valence electrons. The topological polar surface area (TPSA) is 108 Å². The lowest BCUT2D eigenvalue weighted by atomic mass is 10.2. The number of nitro groups is 1. The van der Waals surface area contributed by atoms with Crippen molar-refractivity contribution in [3.63, 3.8) is 0 Å². The van der Waals surface area contributed by atoms with Gasteiger partial charge in [0.2, 0.25) is 0 Å². The van der Waals surface area contributed by atoms with Gasteiger partial charge in [0.25, 0.3) is 0 Å². The minimum Gasteiger partial charge on any atom is -0.462 e. The molecule has 9 heteroatoms. The summed E-state index contributed by atoms with van der Waals surface area (Å²) in [5, 5.41) is 13.2. The van der Waals surface area contributed by atoms with E-state index in [1.165, 1.54) is 0 Å². The highest BCUT2D eigenvalue weighted by atomic mass is 32.1. The maximum atomic E-state index is 11.6. The fourth-order valence-corrected chi connectivity index (χ4v) is 2.21. The lowest BCUT2D eigenvalue weighted by molar-refractivity contribution is -0.383. The van der Waals surface area contributed by atoms with Crippen molar-refractivity contribution < 1.29 is 24.0 Å². The van der Waals surface area contributed by atoms with Crippen molar-refractivity contribution >= 4 is 34.1 Å². The second-order valence-corrected chi connectivity index (χ2v) is 5.98. The van der Waals surface area contributed by atoms with Gasteiger partial charge in [-0.1, -0.05) is 0 Å². The molecule has 0 bridgehead atoms. The Labute approximate surface area is 125 Å². The summed E-state index contributed by atoms with van der Waals surface area (Å²) in [6, 6.07) is 1.06. The van der Waals surface area contributed by atoms with Crippen LogP contribution in [0.4, 0.5) is 15.5 Å². The first-order valence-corrected chi connectivity index (χ1v) is 6.91. The smallest absolute Gasteiger partial charge is 0.412 e. The molecule has 0 spiro atoms. The molecule has 0 saturated carbocycles. The number of rotatable bonds is 4. The zero-order chi connectivity index (χ0) is 16.2. The molecule has 1 N–H and O–H groups in total. The Kier molecular flexibility index (Phi) is 5.25. The van der Waals surface area contributed by atoms with Crippen LogP contribution in [0.25, 0.3) is 0 Å². The third-order valence-electron chi connectivity index (χ3n) is 2.00. The van der Waals surface area contributed by atoms with Gasteiger partial charge in [-0.25, -0.2) is 9.59 Å². The lowest BCUT2D eigenvalue weighted by Crippen LogP contribution is -2.27. The Hall–Kier alpha value is -2.16. The highest BCUT2D eigenvalue weighted by Crippen LogP contribution is 2.35. The van der Waals surface area contributed by atoms with Crippen molar-refractivity contribution in [2.24, 2.45) is 0 Å². The van der Waals surface area contributed by atoms with Crippen LogP contribution in [0, 0.1) is 10.1 Å². The van der Waals surface area contributed by atoms with Crippen molar-refractivity contribution in [2.45, 2.75) is 33.3 Å². The van der Waals surface area contributed by atoms with E-state index in [4.69, 9.17) is 9.47 Å². The van der Waals surface area contributed by atoms with Crippen molar-refractivity contribution in [1.29, 1.82) is 0 Å². The number of carbonyl (C=O) groups excluding carboxylic acids is 2. The van der Waals surface area contributed by atoms with Crippen LogP contribution < -0.4 is 5.32 Å². The van der Waals surface area contributed by atoms with Crippen LogP contribution in [0.15, 0.2) is 6.07 Å². The van der Waals surface area contributed by atoms with E-state index >= 15 is 0 Å². The van der Waals surface area contributed by atoms with E-state index in [9.17, 15) is 19.7 Å². The van der Waals surface area contributed by atoms with Crippen molar-refractivity contribution in [3.8, 4) is 0 Å². The molecule has 1 aromatic heterocycles. The molecule has 0 aromatic carbocycles. The molecule has 0 unspecified atom stereocenters. The van der Waals surface area contributed by atoms with Crippen LogP contribution in [0.3, 0.4) is 0 Å². The summed E-state index contributed by atoms with van der Waals surface area (Å²) in [6.07, 6.45) is -0.831. The SMILES string of the molecule is CCOC(=O)c1cc([N+](=O)[O-])c(NC(=O)OC(C)(C)C)s1. The number of hydrogen-bond acceptors (Lipinski definition) is 7. The first kappa shape index (κ1) is 16.9. The van der Waals surface area contributed by atoms with E-state index in [-0.39, 0.29) is 22.2 Å². The van der Waals surface area contributed by atoms with Gasteiger partial charge in [0.15, 0.2) is 5.00 Å². The Morgan fingerprint density at radius 2 is 2.05 bits per heavy atom. The van der Waals surface area contributed by atoms with Crippen molar-refractivity contribution in [1.82, 2.24) is 0 Å². The number of nitrogens with one attached hydrogen (secondary N) is 1. The van der Waals surface area contributed by atoms with Crippen LogP contribution in [0.2, 0.25) is 0 Å². The molecule has 8 nitrogen and oxygen atoms in total. The predicted molar refractivity (Wildman–Crippen MR) is 76.8 cm³/mol. The molecule has 1 heterocycles. The number of nitrogens with zero attached hydrogens (tertiary/aromatic N) is 1. The van der Waals surface area contributed by atoms with Crippen molar-refractivity contribution in [2.75, 3.05) is 11.9 Å². The molecule has 1 aromatic rings. The Balaban J connectivity index is 2.97. The standard InChI is InChI=1S/C12H16N2O6S/c1-5-19-10(15)8-6-7(14(17)18)9(21-8)13-11(16)20-12(2,3)4/h6H,5H2,1-4H3,(H,13,16). The molecule has 0 radical (unpaired) electrons. The molecule has 0 saturated heterocycles. The number of amides is 1. The average molecular weight is 316 g/mol. The third-order valence-corrected chi connectivity index (χ3v) is 3.02. The average Bonchev–Trinajstić information content (AvgIpc) is 2.70. The normalized spacial score (nSPS) is 10.9. The van der Waals surface area contributed by atoms with E-state index in [0.717, 1.165) is 17.4 Å². The maximum Gasteiger partial charge on any atom is 0.412 e. The predicted octanol–water partition coefficient (Wildman–Crippen LogP) is 3.18. The summed E-state index contributed by atoms with van der Waals surface area (Å²) in [4.78, 5) is 33.5. The van der Waals surface area contributed by atoms with E-state index in [1.807, 2.05) is 0 Å². The van der Waals surface area contributed by atoms with Gasteiger partial charge < -0.3 is 9.47 Å². The van der Waals surface area contributed by atoms with Gasteiger partial charge in [-0.15, -0.1) is 11.3 Å². The quantitative estimate of drug-likeness (QED) is 0.519. The molecule has 21 heavy (non-hydrogen) atoms. The summed E-state index contributed by atoms with van der Waals surface area (Å²) >= 11 is 0.762. The number of thiophene rings is 1. The highest BCUT2D eigenvalue weighted by molar-refractivity contribution is 7.18. The van der Waals surface area contributed by atoms with Gasteiger partial charge in [0.05, 0.1) is 11.5 Å². The molecular formula is C12H16N2O6S. The van der Waals surface area contributed by atoms with Crippen LogP contribution in [-0.4, -0.2) is 29.2 Å². The summed E-state index contributed by atoms with van der Waals surface area (Å²) in [7, 11) is 0. The van der Waals surface area contributed by atoms with Gasteiger partial charge in [0.1, 0.15) is 10.5 Å². The molecule has 0 aliphatic carbocycles. The number of anilines is 1. The van der Waals surface area contributed by atoms with E-state index in [1.54, 1.807) is 27.7 Å². The van der Waals surface area contributed by atoms with Crippen LogP contribution in [-0.2, 0) is 9.47 Å². The van der Waals surface area contributed by atoms with Crippen LogP contribution in [0.1, 0.15) is 37.4 Å². The summed E-state index contributed by atoms with van der Waals surface area (Å²) in [5.41, 5.74) is -1.12. The minimum absolute atomic E-state index is 0.0367. The summed E-state index contributed by atoms with van der Waals surface area (Å²) in [5.74, 6) is -0.678. The molecular weight excluding hydrogens is 300 g/mol. The van der Waals surface area contributed by atoms with Gasteiger partial charge in [-0.2, -0.15) is 0 Å². The summed E-state index contributed by atoms with van der Waals surface area (Å²) < 4.78 is 9.78. The Morgan fingerprint density at radius 3 is 2.52 bits per heavy atom. The Bertz CT molecular complexity index is 561. The molecule has 1 rings (SSSR count). The second-order valence-electron chi connectivity index (χ2n) is 4.93. The van der Waals surface area contributed by atoms with Gasteiger partial charge >= 0.3 is 17.7 Å². The fraction of sp³-hybridized carbons (Fsp3) is 0.500. The molecule has 0 aliphatic heterocycles. The minimum atomic E-state index is -0.831. The molecule has 1 amide bonds. The molecule has 0 fully saturated rings. The van der Waals surface area contributed by atoms with Gasteiger partial charge in [0, 0.05) is 6.07 Å². The summed E-state index contributed by atoms with van der Waals surface area (Å²) in [6.45, 7) is 6.78. The zero-order valence-corrected chi connectivity index (χ0v) is 12.9. The molecule has 0 aliphatic rings. The van der Waals surface area contributed by atoms with E-state index in [0.29, 0.717) is 0 Å². The lowest BCUT2D eigenvalue weighted by Gasteiger charge is -2.19. The highest BCUT2D eigenvalue weighted by Gasteiger charge is 2.26. The number of hydrogen-bond donors (Lipinski definition) is 1. The monoisotopic (exact) mass is 316 g/mol. The maximum absolute atomic E-state index is 11.6. The largest absolute Gasteiger partial charge is 0.462 e. The Morgan fingerprint density at radius 1 is 1.43 bits per heavy atom. The first-order valence-electron chi connectivity index (χ1n) is 6.09. The van der Waals surface area contributed by atoms with E-state index < -0.39 is 22.6 Å². The number of esters is 1. The van der Waals surface area contributed by atoms with Crippen molar-refractivity contribution in [3.05, 3.63) is 21.1 Å². The van der Waals surface area contributed by atoms with Crippen LogP contribution in [0.5, 0.6) is 0 Å².